The average molecular weight is 320 g/mol. The molecule has 1 N–H and O–H groups in total. The van der Waals surface area contributed by atoms with Crippen molar-refractivity contribution in [3.63, 3.8) is 0 Å². The Morgan fingerprint density at radius 3 is 2.43 bits per heavy atom. The molecule has 0 atom stereocenters. The van der Waals surface area contributed by atoms with Crippen molar-refractivity contribution in [2.24, 2.45) is 5.41 Å². The maximum Gasteiger partial charge on any atom is 0.254 e. The summed E-state index contributed by atoms with van der Waals surface area (Å²) in [5.74, 6) is -4.74. The van der Waals surface area contributed by atoms with Crippen LogP contribution in [0.3, 0.4) is 0 Å². The molecular weight excluding hydrogens is 303 g/mol. The van der Waals surface area contributed by atoms with Gasteiger partial charge in [0.2, 0.25) is 0 Å². The topological polar surface area (TPSA) is 29.1 Å². The third-order valence-electron chi connectivity index (χ3n) is 4.10. The molecule has 0 spiro atoms. The van der Waals surface area contributed by atoms with Crippen LogP contribution in [-0.4, -0.2) is 18.3 Å². The van der Waals surface area contributed by atoms with Crippen molar-refractivity contribution in [2.45, 2.75) is 32.1 Å². The number of nitrogens with one attached hydrogen (secondary N) is 1. The van der Waals surface area contributed by atoms with Crippen LogP contribution in [-0.2, 0) is 0 Å². The van der Waals surface area contributed by atoms with Gasteiger partial charge >= 0.3 is 0 Å². The summed E-state index contributed by atoms with van der Waals surface area (Å²) in [7, 11) is 0. The van der Waals surface area contributed by atoms with Gasteiger partial charge in [-0.15, -0.1) is 11.6 Å². The minimum atomic E-state index is -1.63. The number of hydrogen-bond donors (Lipinski definition) is 1. The highest BCUT2D eigenvalue weighted by Gasteiger charge is 2.32. The van der Waals surface area contributed by atoms with E-state index in [2.05, 4.69) is 5.32 Å². The Bertz CT molecular complexity index is 530. The largest absolute Gasteiger partial charge is 0.351 e. The first-order valence-corrected chi connectivity index (χ1v) is 7.50. The van der Waals surface area contributed by atoms with E-state index in [1.54, 1.807) is 0 Å². The van der Waals surface area contributed by atoms with Crippen molar-refractivity contribution in [1.29, 1.82) is 0 Å². The molecule has 1 aliphatic carbocycles. The van der Waals surface area contributed by atoms with Crippen molar-refractivity contribution in [3.8, 4) is 0 Å². The smallest absolute Gasteiger partial charge is 0.254 e. The Labute approximate surface area is 126 Å². The van der Waals surface area contributed by atoms with Crippen molar-refractivity contribution < 1.29 is 18.0 Å². The first-order valence-electron chi connectivity index (χ1n) is 6.97. The van der Waals surface area contributed by atoms with Gasteiger partial charge in [-0.2, -0.15) is 0 Å². The van der Waals surface area contributed by atoms with Crippen molar-refractivity contribution >= 4 is 17.5 Å². The van der Waals surface area contributed by atoms with E-state index in [0.29, 0.717) is 12.4 Å². The molecule has 1 fully saturated rings. The molecule has 1 amide bonds. The van der Waals surface area contributed by atoms with Gasteiger partial charge in [0.1, 0.15) is 0 Å². The second-order valence-corrected chi connectivity index (χ2v) is 5.87. The lowest BCUT2D eigenvalue weighted by molar-refractivity contribution is 0.0915. The van der Waals surface area contributed by atoms with Gasteiger partial charge in [0.15, 0.2) is 17.5 Å². The number of alkyl halides is 1. The average Bonchev–Trinajstić information content (AvgIpc) is 2.51. The summed E-state index contributed by atoms with van der Waals surface area (Å²) in [6.45, 7) is 0.313. The first-order chi connectivity index (χ1) is 9.99. The number of halogens is 4. The summed E-state index contributed by atoms with van der Waals surface area (Å²) in [5, 5.41) is 2.60. The first kappa shape index (κ1) is 16.1. The SMILES string of the molecule is O=C(NCC1(CCl)CCCCC1)c1ccc(F)c(F)c1F. The zero-order valence-corrected chi connectivity index (χ0v) is 12.3. The predicted molar refractivity (Wildman–Crippen MR) is 74.9 cm³/mol. The molecule has 1 aromatic carbocycles. The second-order valence-electron chi connectivity index (χ2n) is 5.60. The molecule has 0 aliphatic heterocycles. The molecule has 0 bridgehead atoms. The van der Waals surface area contributed by atoms with Gasteiger partial charge in [0, 0.05) is 17.8 Å². The maximum absolute atomic E-state index is 13.6. The fourth-order valence-electron chi connectivity index (χ4n) is 2.72. The van der Waals surface area contributed by atoms with Crippen LogP contribution in [0.25, 0.3) is 0 Å². The summed E-state index contributed by atoms with van der Waals surface area (Å²) in [4.78, 5) is 11.9. The Kier molecular flexibility index (Phi) is 5.14. The van der Waals surface area contributed by atoms with E-state index in [1.807, 2.05) is 0 Å². The van der Waals surface area contributed by atoms with Crippen LogP contribution in [0.4, 0.5) is 13.2 Å². The zero-order chi connectivity index (χ0) is 15.5. The molecule has 2 nitrogen and oxygen atoms in total. The lowest BCUT2D eigenvalue weighted by Gasteiger charge is -2.35. The molecule has 0 unspecified atom stereocenters. The van der Waals surface area contributed by atoms with Crippen molar-refractivity contribution in [3.05, 3.63) is 35.1 Å². The number of rotatable bonds is 4. The number of benzene rings is 1. The van der Waals surface area contributed by atoms with Gasteiger partial charge in [0.05, 0.1) is 5.56 Å². The molecule has 0 aromatic heterocycles. The zero-order valence-electron chi connectivity index (χ0n) is 11.5. The summed E-state index contributed by atoms with van der Waals surface area (Å²) in [5.41, 5.74) is -0.681. The maximum atomic E-state index is 13.6. The predicted octanol–water partition coefficient (Wildman–Crippen LogP) is 4.02. The molecule has 1 aromatic rings. The van der Waals surface area contributed by atoms with E-state index >= 15 is 0 Å². The summed E-state index contributed by atoms with van der Waals surface area (Å²) in [6, 6.07) is 1.68. The van der Waals surface area contributed by atoms with Gasteiger partial charge in [-0.25, -0.2) is 13.2 Å². The summed E-state index contributed by atoms with van der Waals surface area (Å²) >= 11 is 6.01. The van der Waals surface area contributed by atoms with Gasteiger partial charge in [0.25, 0.3) is 5.91 Å². The third kappa shape index (κ3) is 3.51. The highest BCUT2D eigenvalue weighted by molar-refractivity contribution is 6.18. The quantitative estimate of drug-likeness (QED) is 0.659. The normalized spacial score (nSPS) is 17.5. The number of carbonyl (C=O) groups is 1. The molecule has 2 rings (SSSR count). The summed E-state index contributed by atoms with van der Waals surface area (Å²) in [6.07, 6.45) is 5.03. The standard InChI is InChI=1S/C15H17ClF3NO/c16-8-15(6-2-1-3-7-15)9-20-14(21)10-4-5-11(17)13(19)12(10)18/h4-5H,1-3,6-9H2,(H,20,21). The van der Waals surface area contributed by atoms with Crippen LogP contribution in [0.5, 0.6) is 0 Å². The lowest BCUT2D eigenvalue weighted by Crippen LogP contribution is -2.40. The van der Waals surface area contributed by atoms with E-state index in [0.717, 1.165) is 44.2 Å². The molecule has 0 saturated heterocycles. The lowest BCUT2D eigenvalue weighted by atomic mass is 9.75. The van der Waals surface area contributed by atoms with Crippen LogP contribution in [0, 0.1) is 22.9 Å². The van der Waals surface area contributed by atoms with Gasteiger partial charge in [-0.1, -0.05) is 19.3 Å². The second kappa shape index (κ2) is 6.69. The third-order valence-corrected chi connectivity index (χ3v) is 4.67. The Morgan fingerprint density at radius 1 is 1.14 bits per heavy atom. The fourth-order valence-corrected chi connectivity index (χ4v) is 3.09. The van der Waals surface area contributed by atoms with Crippen LogP contribution in [0.1, 0.15) is 42.5 Å². The van der Waals surface area contributed by atoms with Gasteiger partial charge in [-0.05, 0) is 25.0 Å². The molecule has 1 aliphatic rings. The molecule has 116 valence electrons. The van der Waals surface area contributed by atoms with Crippen molar-refractivity contribution in [2.75, 3.05) is 12.4 Å². The number of carbonyl (C=O) groups excluding carboxylic acids is 1. The molecule has 0 heterocycles. The Hall–Kier alpha value is -1.23. The molecule has 0 radical (unpaired) electrons. The molecular formula is C15H17ClF3NO. The Balaban J connectivity index is 2.06. The monoisotopic (exact) mass is 319 g/mol. The van der Waals surface area contributed by atoms with Crippen LogP contribution in [0.2, 0.25) is 0 Å². The molecule has 6 heteroatoms. The van der Waals surface area contributed by atoms with Crippen molar-refractivity contribution in [1.82, 2.24) is 5.32 Å². The minimum absolute atomic E-state index is 0.190. The molecule has 1 saturated carbocycles. The van der Waals surface area contributed by atoms with E-state index in [1.165, 1.54) is 0 Å². The highest BCUT2D eigenvalue weighted by Crippen LogP contribution is 2.36. The van der Waals surface area contributed by atoms with Crippen LogP contribution in [0.15, 0.2) is 12.1 Å². The minimum Gasteiger partial charge on any atom is -0.351 e. The van der Waals surface area contributed by atoms with Crippen LogP contribution >= 0.6 is 11.6 Å². The summed E-state index contributed by atoms with van der Waals surface area (Å²) < 4.78 is 39.5. The van der Waals surface area contributed by atoms with E-state index < -0.39 is 28.9 Å². The highest BCUT2D eigenvalue weighted by atomic mass is 35.5. The fraction of sp³-hybridized carbons (Fsp3) is 0.533. The number of hydrogen-bond acceptors (Lipinski definition) is 1. The van der Waals surface area contributed by atoms with Gasteiger partial charge < -0.3 is 5.32 Å². The van der Waals surface area contributed by atoms with Crippen LogP contribution < -0.4 is 5.32 Å². The molecule has 21 heavy (non-hydrogen) atoms. The van der Waals surface area contributed by atoms with Gasteiger partial charge in [-0.3, -0.25) is 4.79 Å². The van der Waals surface area contributed by atoms with E-state index in [4.69, 9.17) is 11.6 Å². The van der Waals surface area contributed by atoms with E-state index in [9.17, 15) is 18.0 Å². The number of amides is 1. The van der Waals surface area contributed by atoms with E-state index in [-0.39, 0.29) is 5.41 Å². The Morgan fingerprint density at radius 2 is 1.81 bits per heavy atom.